The van der Waals surface area contributed by atoms with E-state index in [0.717, 1.165) is 21.9 Å². The van der Waals surface area contributed by atoms with E-state index < -0.39 is 17.7 Å². The van der Waals surface area contributed by atoms with Crippen molar-refractivity contribution < 1.29 is 14.3 Å². The lowest BCUT2D eigenvalue weighted by Gasteiger charge is -2.24. The van der Waals surface area contributed by atoms with Gasteiger partial charge in [-0.15, -0.1) is 0 Å². The number of pyridine rings is 1. The molecule has 0 fully saturated rings. The Bertz CT molecular complexity index is 1050. The number of fused-ring (bicyclic) bond motifs is 1. The number of benzene rings is 2. The van der Waals surface area contributed by atoms with Crippen LogP contribution in [-0.2, 0) is 22.5 Å². The summed E-state index contributed by atoms with van der Waals surface area (Å²) in [7, 11) is 0. The van der Waals surface area contributed by atoms with E-state index in [0.29, 0.717) is 12.2 Å². The predicted molar refractivity (Wildman–Crippen MR) is 121 cm³/mol. The summed E-state index contributed by atoms with van der Waals surface area (Å²) in [5, 5.41) is 7.70. The Morgan fingerprint density at radius 1 is 1.06 bits per heavy atom. The zero-order valence-corrected chi connectivity index (χ0v) is 18.0. The van der Waals surface area contributed by atoms with Crippen molar-refractivity contribution in [3.63, 3.8) is 0 Å². The fourth-order valence-corrected chi connectivity index (χ4v) is 3.20. The second kappa shape index (κ2) is 9.47. The molecule has 162 valence electrons. The van der Waals surface area contributed by atoms with Crippen LogP contribution in [0.25, 0.3) is 10.8 Å². The molecule has 2 amide bonds. The molecule has 0 unspecified atom stereocenters. The van der Waals surface area contributed by atoms with Crippen LogP contribution in [0.1, 0.15) is 31.9 Å². The summed E-state index contributed by atoms with van der Waals surface area (Å²) in [5.74, 6) is 0.103. The van der Waals surface area contributed by atoms with Gasteiger partial charge in [-0.05, 0) is 48.7 Å². The molecule has 1 aromatic heterocycles. The van der Waals surface area contributed by atoms with Crippen LogP contribution in [0.3, 0.4) is 0 Å². The maximum absolute atomic E-state index is 13.0. The average Bonchev–Trinajstić information content (AvgIpc) is 2.71. The molecule has 7 heteroatoms. The Kier molecular flexibility index (Phi) is 6.74. The standard InChI is InChI=1S/C24H28N4O3/c1-24(2,3)31-23(30)28-20(22(29)27-15-16-11-12-21(25)26-14-16)13-18-9-6-8-17-7-4-5-10-19(17)18/h4-12,14,20H,13,15H2,1-3H3,(H2,25,26)(H,27,29)(H,28,30)/t20-/m0/s1. The second-order valence-corrected chi connectivity index (χ2v) is 8.35. The topological polar surface area (TPSA) is 106 Å². The van der Waals surface area contributed by atoms with Crippen LogP contribution < -0.4 is 16.4 Å². The van der Waals surface area contributed by atoms with Crippen LogP contribution in [0.4, 0.5) is 10.6 Å². The summed E-state index contributed by atoms with van der Waals surface area (Å²) in [6.07, 6.45) is 1.30. The monoisotopic (exact) mass is 420 g/mol. The molecule has 0 saturated carbocycles. The van der Waals surface area contributed by atoms with Gasteiger partial charge >= 0.3 is 6.09 Å². The molecule has 1 atom stereocenters. The summed E-state index contributed by atoms with van der Waals surface area (Å²) in [5.41, 5.74) is 6.71. The molecule has 31 heavy (non-hydrogen) atoms. The summed E-state index contributed by atoms with van der Waals surface area (Å²) in [4.78, 5) is 29.4. The highest BCUT2D eigenvalue weighted by molar-refractivity contribution is 5.89. The van der Waals surface area contributed by atoms with Crippen molar-refractivity contribution in [1.82, 2.24) is 15.6 Å². The zero-order valence-electron chi connectivity index (χ0n) is 18.0. The lowest BCUT2D eigenvalue weighted by atomic mass is 9.98. The molecule has 4 N–H and O–H groups in total. The molecule has 1 heterocycles. The van der Waals surface area contributed by atoms with Gasteiger partial charge in [-0.1, -0.05) is 48.5 Å². The largest absolute Gasteiger partial charge is 0.444 e. The molecule has 3 rings (SSSR count). The molecule has 7 nitrogen and oxygen atoms in total. The lowest BCUT2D eigenvalue weighted by Crippen LogP contribution is -2.49. The third-order valence-electron chi connectivity index (χ3n) is 4.63. The van der Waals surface area contributed by atoms with Crippen molar-refractivity contribution in [3.8, 4) is 0 Å². The van der Waals surface area contributed by atoms with Crippen LogP contribution in [-0.4, -0.2) is 28.6 Å². The van der Waals surface area contributed by atoms with E-state index in [4.69, 9.17) is 10.5 Å². The molecular formula is C24H28N4O3. The van der Waals surface area contributed by atoms with Gasteiger partial charge in [-0.25, -0.2) is 9.78 Å². The Morgan fingerprint density at radius 2 is 1.81 bits per heavy atom. The van der Waals surface area contributed by atoms with Crippen LogP contribution in [0, 0.1) is 0 Å². The number of ether oxygens (including phenoxy) is 1. The molecule has 3 aromatic rings. The van der Waals surface area contributed by atoms with Crippen LogP contribution in [0.5, 0.6) is 0 Å². The number of nitrogen functional groups attached to an aromatic ring is 1. The van der Waals surface area contributed by atoms with Gasteiger partial charge in [-0.2, -0.15) is 0 Å². The van der Waals surface area contributed by atoms with E-state index in [-0.39, 0.29) is 12.5 Å². The molecule has 0 saturated heterocycles. The molecule has 0 aliphatic rings. The van der Waals surface area contributed by atoms with Crippen LogP contribution in [0.15, 0.2) is 60.8 Å². The summed E-state index contributed by atoms with van der Waals surface area (Å²) in [6, 6.07) is 16.5. The number of anilines is 1. The van der Waals surface area contributed by atoms with E-state index in [9.17, 15) is 9.59 Å². The first-order chi connectivity index (χ1) is 14.7. The number of amides is 2. The van der Waals surface area contributed by atoms with Gasteiger partial charge in [0.1, 0.15) is 17.5 Å². The molecule has 0 spiro atoms. The van der Waals surface area contributed by atoms with Gasteiger partial charge < -0.3 is 21.1 Å². The molecule has 0 aliphatic carbocycles. The van der Waals surface area contributed by atoms with E-state index in [1.165, 1.54) is 0 Å². The maximum atomic E-state index is 13.0. The first-order valence-corrected chi connectivity index (χ1v) is 10.2. The number of nitrogens with two attached hydrogens (primary N) is 1. The van der Waals surface area contributed by atoms with E-state index in [1.54, 1.807) is 39.1 Å². The van der Waals surface area contributed by atoms with Gasteiger partial charge in [-0.3, -0.25) is 4.79 Å². The van der Waals surface area contributed by atoms with Crippen LogP contribution >= 0.6 is 0 Å². The van der Waals surface area contributed by atoms with Crippen molar-refractivity contribution in [2.24, 2.45) is 0 Å². The van der Waals surface area contributed by atoms with E-state index in [1.807, 2.05) is 42.5 Å². The Morgan fingerprint density at radius 3 is 2.52 bits per heavy atom. The third-order valence-corrected chi connectivity index (χ3v) is 4.63. The molecule has 0 bridgehead atoms. The van der Waals surface area contributed by atoms with Crippen molar-refractivity contribution in [2.75, 3.05) is 5.73 Å². The van der Waals surface area contributed by atoms with Crippen molar-refractivity contribution in [2.45, 2.75) is 45.4 Å². The van der Waals surface area contributed by atoms with Gasteiger partial charge in [0.05, 0.1) is 0 Å². The quantitative estimate of drug-likeness (QED) is 0.565. The number of hydrogen-bond donors (Lipinski definition) is 3. The lowest BCUT2D eigenvalue weighted by molar-refractivity contribution is -0.123. The summed E-state index contributed by atoms with van der Waals surface area (Å²) in [6.45, 7) is 5.61. The van der Waals surface area contributed by atoms with Crippen molar-refractivity contribution >= 4 is 28.6 Å². The third kappa shape index (κ3) is 6.44. The number of rotatable bonds is 6. The van der Waals surface area contributed by atoms with E-state index >= 15 is 0 Å². The number of hydrogen-bond acceptors (Lipinski definition) is 5. The fraction of sp³-hybridized carbons (Fsp3) is 0.292. The first-order valence-electron chi connectivity index (χ1n) is 10.2. The second-order valence-electron chi connectivity index (χ2n) is 8.35. The SMILES string of the molecule is CC(C)(C)OC(=O)N[C@@H](Cc1cccc2ccccc12)C(=O)NCc1ccc(N)nc1. The Hall–Kier alpha value is -3.61. The minimum absolute atomic E-state index is 0.272. The van der Waals surface area contributed by atoms with Crippen LogP contribution in [0.2, 0.25) is 0 Å². The number of nitrogens with one attached hydrogen (secondary N) is 2. The van der Waals surface area contributed by atoms with Gasteiger partial charge in [0, 0.05) is 19.2 Å². The van der Waals surface area contributed by atoms with Gasteiger partial charge in [0.2, 0.25) is 5.91 Å². The highest BCUT2D eigenvalue weighted by atomic mass is 16.6. The normalized spacial score (nSPS) is 12.2. The van der Waals surface area contributed by atoms with Crippen molar-refractivity contribution in [3.05, 3.63) is 71.9 Å². The molecular weight excluding hydrogens is 392 g/mol. The summed E-state index contributed by atoms with van der Waals surface area (Å²) < 4.78 is 5.37. The Labute approximate surface area is 182 Å². The zero-order chi connectivity index (χ0) is 22.4. The van der Waals surface area contributed by atoms with Gasteiger partial charge in [0.15, 0.2) is 0 Å². The molecule has 2 aromatic carbocycles. The average molecular weight is 421 g/mol. The minimum Gasteiger partial charge on any atom is -0.444 e. The minimum atomic E-state index is -0.803. The number of carbonyl (C=O) groups is 2. The molecule has 0 radical (unpaired) electrons. The van der Waals surface area contributed by atoms with Gasteiger partial charge in [0.25, 0.3) is 0 Å². The van der Waals surface area contributed by atoms with Crippen molar-refractivity contribution in [1.29, 1.82) is 0 Å². The Balaban J connectivity index is 1.78. The number of aromatic nitrogens is 1. The summed E-state index contributed by atoms with van der Waals surface area (Å²) >= 11 is 0. The number of alkyl carbamates (subject to hydrolysis) is 1. The number of nitrogens with zero attached hydrogens (tertiary/aromatic N) is 1. The highest BCUT2D eigenvalue weighted by Gasteiger charge is 2.25. The fourth-order valence-electron chi connectivity index (χ4n) is 3.20. The highest BCUT2D eigenvalue weighted by Crippen LogP contribution is 2.20. The maximum Gasteiger partial charge on any atom is 0.408 e. The predicted octanol–water partition coefficient (Wildman–Crippen LogP) is 3.57. The number of carbonyl (C=O) groups excluding carboxylic acids is 2. The van der Waals surface area contributed by atoms with E-state index in [2.05, 4.69) is 15.6 Å². The first kappa shape index (κ1) is 22.1. The molecule has 0 aliphatic heterocycles. The smallest absolute Gasteiger partial charge is 0.408 e.